The number of nitrogens with zero attached hydrogens (tertiary/aromatic N) is 6. The number of ether oxygens (including phenoxy) is 1. The zero-order valence-corrected chi connectivity index (χ0v) is 19.9. The highest BCUT2D eigenvalue weighted by atomic mass is 16.5. The van der Waals surface area contributed by atoms with E-state index in [0.717, 1.165) is 37.3 Å². The smallest absolute Gasteiger partial charge is 0.363 e. The van der Waals surface area contributed by atoms with E-state index in [0.29, 0.717) is 13.1 Å². The Morgan fingerprint density at radius 1 is 1.22 bits per heavy atom. The third-order valence-corrected chi connectivity index (χ3v) is 5.81. The Balaban J connectivity index is 0.00000176. The summed E-state index contributed by atoms with van der Waals surface area (Å²) < 4.78 is 7.93. The van der Waals surface area contributed by atoms with Gasteiger partial charge in [0.2, 0.25) is 0 Å². The number of likely N-dealkylation sites (tertiary alicyclic amines) is 1. The van der Waals surface area contributed by atoms with Gasteiger partial charge in [0, 0.05) is 45.0 Å². The first kappa shape index (κ1) is 25.7. The first-order valence-corrected chi connectivity index (χ1v) is 11.1. The third kappa shape index (κ3) is 6.02. The molecular weight excluding hydrogens is 410 g/mol. The number of rotatable bonds is 8. The number of para-hydroxylation sites is 1. The van der Waals surface area contributed by atoms with E-state index in [2.05, 4.69) is 28.0 Å². The number of carbonyl (C=O) groups is 1. The van der Waals surface area contributed by atoms with Crippen LogP contribution in [0.15, 0.2) is 29.1 Å². The van der Waals surface area contributed by atoms with E-state index in [4.69, 9.17) is 4.74 Å². The number of tetrazole rings is 1. The van der Waals surface area contributed by atoms with Crippen molar-refractivity contribution in [3.8, 4) is 0 Å². The van der Waals surface area contributed by atoms with Crippen molar-refractivity contribution >= 4 is 11.6 Å². The van der Waals surface area contributed by atoms with Gasteiger partial charge in [-0.25, -0.2) is 4.79 Å². The van der Waals surface area contributed by atoms with Crippen LogP contribution in [0.25, 0.3) is 0 Å². The molecule has 10 nitrogen and oxygen atoms in total. The normalized spacial score (nSPS) is 18.7. The molecule has 3 rings (SSSR count). The fourth-order valence-electron chi connectivity index (χ4n) is 4.21. The molecule has 1 saturated heterocycles. The number of carbonyl (C=O) groups excluding carboxylic acids is 1. The summed E-state index contributed by atoms with van der Waals surface area (Å²) >= 11 is 0. The zero-order valence-electron chi connectivity index (χ0n) is 19.9. The maximum Gasteiger partial charge on any atom is 0.363 e. The highest BCUT2D eigenvalue weighted by molar-refractivity contribution is 5.95. The highest BCUT2D eigenvalue weighted by Crippen LogP contribution is 2.29. The predicted molar refractivity (Wildman–Crippen MR) is 125 cm³/mol. The van der Waals surface area contributed by atoms with Crippen LogP contribution in [0.3, 0.4) is 0 Å². The number of aromatic nitrogens is 4. The van der Waals surface area contributed by atoms with Gasteiger partial charge in [0.25, 0.3) is 5.91 Å². The fourth-order valence-corrected chi connectivity index (χ4v) is 4.21. The number of anilines is 1. The lowest BCUT2D eigenvalue weighted by atomic mass is 9.91. The van der Waals surface area contributed by atoms with Crippen molar-refractivity contribution in [3.63, 3.8) is 0 Å². The molecular formula is C22H37N7O3. The number of aryl methyl sites for hydroxylation is 2. The van der Waals surface area contributed by atoms with Crippen LogP contribution in [0.2, 0.25) is 0 Å². The first-order valence-electron chi connectivity index (χ1n) is 11.1. The van der Waals surface area contributed by atoms with Crippen LogP contribution in [0.4, 0.5) is 5.69 Å². The van der Waals surface area contributed by atoms with Crippen molar-refractivity contribution in [1.29, 1.82) is 0 Å². The minimum atomic E-state index is -0.170. The molecule has 1 aromatic heterocycles. The molecule has 2 heterocycles. The maximum absolute atomic E-state index is 12.9. The molecule has 1 aliphatic rings. The minimum Gasteiger partial charge on any atom is -0.375 e. The Labute approximate surface area is 189 Å². The van der Waals surface area contributed by atoms with Crippen LogP contribution in [0.5, 0.6) is 0 Å². The van der Waals surface area contributed by atoms with Crippen molar-refractivity contribution in [2.75, 3.05) is 45.3 Å². The Kier molecular flexibility index (Phi) is 10.0. The second-order valence-corrected chi connectivity index (χ2v) is 7.92. The Morgan fingerprint density at radius 3 is 2.50 bits per heavy atom. The van der Waals surface area contributed by atoms with Gasteiger partial charge in [0.05, 0.1) is 6.54 Å². The quantitative estimate of drug-likeness (QED) is 0.635. The number of piperidine rings is 1. The standard InChI is InChI=1S/C21H32N6O3.CH5N/c1-5-25-21(29)26(23-22-25)13-12-24-11-10-19(17(3)14-24)27(20(28)15-30-4)18-9-7-6-8-16(18)2;1-2/h6-9,17,19H,5,10-15H2,1-4H3;2H2,1H3. The molecule has 1 fully saturated rings. The van der Waals surface area contributed by atoms with E-state index in [-0.39, 0.29) is 30.2 Å². The van der Waals surface area contributed by atoms with E-state index in [9.17, 15) is 9.59 Å². The van der Waals surface area contributed by atoms with E-state index in [1.54, 1.807) is 7.11 Å². The summed E-state index contributed by atoms with van der Waals surface area (Å²) in [6, 6.07) is 8.10. The van der Waals surface area contributed by atoms with Gasteiger partial charge in [-0.15, -0.1) is 0 Å². The minimum absolute atomic E-state index is 0.0140. The number of methoxy groups -OCH3 is 1. The largest absolute Gasteiger partial charge is 0.375 e. The fraction of sp³-hybridized carbons (Fsp3) is 0.636. The number of nitrogens with two attached hydrogens (primary N) is 1. The van der Waals surface area contributed by atoms with Crippen molar-refractivity contribution in [1.82, 2.24) is 24.7 Å². The summed E-state index contributed by atoms with van der Waals surface area (Å²) in [5.41, 5.74) is 6.36. The molecule has 1 aromatic carbocycles. The van der Waals surface area contributed by atoms with Crippen LogP contribution in [-0.4, -0.2) is 77.0 Å². The molecule has 0 aliphatic carbocycles. The average Bonchev–Trinajstić information content (AvgIpc) is 3.16. The van der Waals surface area contributed by atoms with Crippen molar-refractivity contribution in [2.24, 2.45) is 11.7 Å². The van der Waals surface area contributed by atoms with Crippen LogP contribution in [0.1, 0.15) is 25.8 Å². The molecule has 1 amide bonds. The van der Waals surface area contributed by atoms with Gasteiger partial charge < -0.3 is 20.3 Å². The summed E-state index contributed by atoms with van der Waals surface area (Å²) in [4.78, 5) is 29.3. The van der Waals surface area contributed by atoms with E-state index >= 15 is 0 Å². The number of hydrogen-bond acceptors (Lipinski definition) is 7. The number of benzene rings is 1. The lowest BCUT2D eigenvalue weighted by Gasteiger charge is -2.43. The van der Waals surface area contributed by atoms with Crippen LogP contribution in [-0.2, 0) is 22.6 Å². The van der Waals surface area contributed by atoms with Gasteiger partial charge in [0.15, 0.2) is 0 Å². The molecule has 1 aliphatic heterocycles. The van der Waals surface area contributed by atoms with Crippen molar-refractivity contribution in [3.05, 3.63) is 40.3 Å². The average molecular weight is 448 g/mol. The molecule has 2 unspecified atom stereocenters. The second kappa shape index (κ2) is 12.5. The summed E-state index contributed by atoms with van der Waals surface area (Å²) in [5, 5.41) is 7.82. The van der Waals surface area contributed by atoms with Gasteiger partial charge in [-0.3, -0.25) is 4.79 Å². The van der Waals surface area contributed by atoms with Crippen molar-refractivity contribution < 1.29 is 9.53 Å². The number of amides is 1. The molecule has 32 heavy (non-hydrogen) atoms. The van der Waals surface area contributed by atoms with Gasteiger partial charge in [0.1, 0.15) is 6.61 Å². The zero-order chi connectivity index (χ0) is 23.7. The topological polar surface area (TPSA) is 112 Å². The molecule has 2 atom stereocenters. The highest BCUT2D eigenvalue weighted by Gasteiger charge is 2.34. The van der Waals surface area contributed by atoms with Crippen LogP contribution < -0.4 is 16.3 Å². The Bertz CT molecular complexity index is 911. The molecule has 10 heteroatoms. The third-order valence-electron chi connectivity index (χ3n) is 5.81. The van der Waals surface area contributed by atoms with Gasteiger partial charge >= 0.3 is 5.69 Å². The second-order valence-electron chi connectivity index (χ2n) is 7.92. The summed E-state index contributed by atoms with van der Waals surface area (Å²) in [7, 11) is 3.05. The van der Waals surface area contributed by atoms with E-state index in [1.165, 1.54) is 16.4 Å². The monoisotopic (exact) mass is 447 g/mol. The molecule has 0 spiro atoms. The summed E-state index contributed by atoms with van der Waals surface area (Å²) in [6.45, 7) is 9.63. The SMILES string of the molecule is CCn1nnn(CCN2CCC(N(C(=O)COC)c3ccccc3C)C(C)C2)c1=O.CN. The van der Waals surface area contributed by atoms with E-state index < -0.39 is 0 Å². The van der Waals surface area contributed by atoms with E-state index in [1.807, 2.05) is 43.0 Å². The molecule has 2 aromatic rings. The van der Waals surface area contributed by atoms with Gasteiger partial charge in [-0.1, -0.05) is 25.1 Å². The lowest BCUT2D eigenvalue weighted by Crippen LogP contribution is -2.53. The molecule has 0 saturated carbocycles. The van der Waals surface area contributed by atoms with Gasteiger partial charge in [-0.2, -0.15) is 9.36 Å². The molecule has 0 radical (unpaired) electrons. The van der Waals surface area contributed by atoms with Crippen LogP contribution >= 0.6 is 0 Å². The lowest BCUT2D eigenvalue weighted by molar-refractivity contribution is -0.123. The first-order chi connectivity index (χ1) is 15.5. The molecule has 178 valence electrons. The van der Waals surface area contributed by atoms with Crippen molar-refractivity contribution in [2.45, 2.75) is 46.3 Å². The Hall–Kier alpha value is -2.56. The summed E-state index contributed by atoms with van der Waals surface area (Å²) in [6.07, 6.45) is 0.863. The van der Waals surface area contributed by atoms with Gasteiger partial charge in [-0.05, 0) is 55.3 Å². The van der Waals surface area contributed by atoms with Crippen LogP contribution in [0, 0.1) is 12.8 Å². The predicted octanol–water partition coefficient (Wildman–Crippen LogP) is 0.733. The molecule has 2 N–H and O–H groups in total. The number of hydrogen-bond donors (Lipinski definition) is 1. The Morgan fingerprint density at radius 2 is 1.91 bits per heavy atom. The summed E-state index contributed by atoms with van der Waals surface area (Å²) in [5.74, 6) is 0.266. The maximum atomic E-state index is 12.9. The molecule has 0 bridgehead atoms.